The lowest BCUT2D eigenvalue weighted by atomic mass is 9.99. The Morgan fingerprint density at radius 1 is 1.56 bits per heavy atom. The van der Waals surface area contributed by atoms with Gasteiger partial charge in [0.15, 0.2) is 0 Å². The van der Waals surface area contributed by atoms with Gasteiger partial charge in [0.2, 0.25) is 0 Å². The van der Waals surface area contributed by atoms with Gasteiger partial charge in [-0.05, 0) is 6.42 Å². The molecule has 0 aromatic rings. The van der Waals surface area contributed by atoms with E-state index in [1.54, 1.807) is 6.92 Å². The Labute approximate surface area is 53.0 Å². The number of hydrogen-bond acceptors (Lipinski definition) is 1. The fraction of sp³-hybridized carbons (Fsp3) is 1.00. The van der Waals surface area contributed by atoms with Gasteiger partial charge < -0.3 is 4.74 Å². The standard InChI is InChI=1S/C6H10F2O/c1-5-2-3-9-4-6(5,7)8/h5H,2-4H2,1H3/t5-/m1/s1. The Kier molecular flexibility index (Phi) is 1.70. The molecule has 1 fully saturated rings. The average Bonchev–Trinajstić information content (AvgIpc) is 1.77. The molecule has 0 unspecified atom stereocenters. The summed E-state index contributed by atoms with van der Waals surface area (Å²) in [6, 6.07) is 0. The molecule has 1 atom stereocenters. The van der Waals surface area contributed by atoms with Crippen molar-refractivity contribution in [2.24, 2.45) is 5.92 Å². The Bertz CT molecular complexity index is 103. The third kappa shape index (κ3) is 1.39. The van der Waals surface area contributed by atoms with Crippen molar-refractivity contribution < 1.29 is 13.5 Å². The molecule has 0 aliphatic carbocycles. The van der Waals surface area contributed by atoms with Crippen LogP contribution in [0.5, 0.6) is 0 Å². The van der Waals surface area contributed by atoms with E-state index in [2.05, 4.69) is 4.74 Å². The van der Waals surface area contributed by atoms with E-state index in [1.165, 1.54) is 0 Å². The molecule has 1 rings (SSSR count). The second-order valence-electron chi connectivity index (χ2n) is 2.50. The molecule has 1 aliphatic heterocycles. The van der Waals surface area contributed by atoms with E-state index in [9.17, 15) is 8.78 Å². The summed E-state index contributed by atoms with van der Waals surface area (Å²) in [6.45, 7) is 1.65. The van der Waals surface area contributed by atoms with Crippen LogP contribution >= 0.6 is 0 Å². The van der Waals surface area contributed by atoms with Crippen molar-refractivity contribution in [2.75, 3.05) is 13.2 Å². The summed E-state index contributed by atoms with van der Waals surface area (Å²) in [7, 11) is 0. The molecule has 3 heteroatoms. The molecule has 1 heterocycles. The summed E-state index contributed by atoms with van der Waals surface area (Å²) in [5, 5.41) is 0. The van der Waals surface area contributed by atoms with Gasteiger partial charge in [0.05, 0.1) is 0 Å². The molecule has 0 spiro atoms. The van der Waals surface area contributed by atoms with Crippen molar-refractivity contribution in [3.8, 4) is 0 Å². The van der Waals surface area contributed by atoms with E-state index in [-0.39, 0.29) is 0 Å². The lowest BCUT2D eigenvalue weighted by molar-refractivity contribution is -0.148. The van der Waals surface area contributed by atoms with Crippen LogP contribution in [0.1, 0.15) is 13.3 Å². The molecule has 54 valence electrons. The van der Waals surface area contributed by atoms with Crippen LogP contribution in [-0.2, 0) is 4.74 Å². The highest BCUT2D eigenvalue weighted by atomic mass is 19.3. The molecule has 0 amide bonds. The normalized spacial score (nSPS) is 34.3. The molecular weight excluding hydrogens is 126 g/mol. The third-order valence-electron chi connectivity index (χ3n) is 1.71. The Morgan fingerprint density at radius 2 is 2.22 bits per heavy atom. The predicted molar refractivity (Wildman–Crippen MR) is 29.5 cm³/mol. The van der Waals surface area contributed by atoms with E-state index < -0.39 is 18.4 Å². The molecule has 9 heavy (non-hydrogen) atoms. The van der Waals surface area contributed by atoms with Gasteiger partial charge in [-0.15, -0.1) is 0 Å². The van der Waals surface area contributed by atoms with Crippen molar-refractivity contribution >= 4 is 0 Å². The number of rotatable bonds is 0. The second-order valence-corrected chi connectivity index (χ2v) is 2.50. The van der Waals surface area contributed by atoms with Crippen molar-refractivity contribution in [3.05, 3.63) is 0 Å². The maximum atomic E-state index is 12.5. The van der Waals surface area contributed by atoms with Gasteiger partial charge in [-0.3, -0.25) is 0 Å². The first kappa shape index (κ1) is 6.93. The van der Waals surface area contributed by atoms with Crippen LogP contribution in [-0.4, -0.2) is 19.1 Å². The van der Waals surface area contributed by atoms with Crippen LogP contribution < -0.4 is 0 Å². The number of alkyl halides is 2. The zero-order valence-corrected chi connectivity index (χ0v) is 5.36. The Hall–Kier alpha value is -0.180. The monoisotopic (exact) mass is 136 g/mol. The van der Waals surface area contributed by atoms with Crippen LogP contribution in [0.2, 0.25) is 0 Å². The molecule has 1 saturated heterocycles. The van der Waals surface area contributed by atoms with Crippen molar-refractivity contribution in [1.29, 1.82) is 0 Å². The second kappa shape index (κ2) is 2.21. The van der Waals surface area contributed by atoms with Crippen molar-refractivity contribution in [2.45, 2.75) is 19.3 Å². The maximum Gasteiger partial charge on any atom is 0.273 e. The quantitative estimate of drug-likeness (QED) is 0.492. The minimum absolute atomic E-state index is 0.395. The smallest absolute Gasteiger partial charge is 0.273 e. The van der Waals surface area contributed by atoms with Gasteiger partial charge in [-0.1, -0.05) is 6.92 Å². The topological polar surface area (TPSA) is 9.23 Å². The highest BCUT2D eigenvalue weighted by Crippen LogP contribution is 2.30. The fourth-order valence-electron chi connectivity index (χ4n) is 0.822. The van der Waals surface area contributed by atoms with Crippen LogP contribution in [0.4, 0.5) is 8.78 Å². The lowest BCUT2D eigenvalue weighted by Gasteiger charge is -2.27. The third-order valence-corrected chi connectivity index (χ3v) is 1.71. The summed E-state index contributed by atoms with van der Waals surface area (Å²) in [4.78, 5) is 0. The van der Waals surface area contributed by atoms with Gasteiger partial charge >= 0.3 is 0 Å². The highest BCUT2D eigenvalue weighted by Gasteiger charge is 2.38. The molecule has 1 aliphatic rings. The van der Waals surface area contributed by atoms with Crippen LogP contribution in [0.15, 0.2) is 0 Å². The van der Waals surface area contributed by atoms with E-state index >= 15 is 0 Å². The molecule has 0 saturated carbocycles. The maximum absolute atomic E-state index is 12.5. The van der Waals surface area contributed by atoms with E-state index in [4.69, 9.17) is 0 Å². The zero-order valence-electron chi connectivity index (χ0n) is 5.36. The largest absolute Gasteiger partial charge is 0.375 e. The van der Waals surface area contributed by atoms with Crippen LogP contribution in [0.25, 0.3) is 0 Å². The first-order chi connectivity index (χ1) is 4.13. The van der Waals surface area contributed by atoms with Gasteiger partial charge in [0.25, 0.3) is 5.92 Å². The van der Waals surface area contributed by atoms with E-state index in [0.717, 1.165) is 0 Å². The summed E-state index contributed by atoms with van der Waals surface area (Å²) in [6.07, 6.45) is 0.479. The SMILES string of the molecule is C[C@@H]1CCOCC1(F)F. The first-order valence-corrected chi connectivity index (χ1v) is 3.08. The van der Waals surface area contributed by atoms with Gasteiger partial charge in [-0.2, -0.15) is 0 Å². The molecule has 0 bridgehead atoms. The minimum atomic E-state index is -2.59. The predicted octanol–water partition coefficient (Wildman–Crippen LogP) is 1.68. The summed E-state index contributed by atoms with van der Waals surface area (Å²) in [5.41, 5.74) is 0. The number of hydrogen-bond donors (Lipinski definition) is 0. The number of ether oxygens (including phenoxy) is 1. The van der Waals surface area contributed by atoms with Gasteiger partial charge in [0, 0.05) is 12.5 Å². The van der Waals surface area contributed by atoms with Crippen molar-refractivity contribution in [1.82, 2.24) is 0 Å². The fourth-order valence-corrected chi connectivity index (χ4v) is 0.822. The zero-order chi connectivity index (χ0) is 6.91. The first-order valence-electron chi connectivity index (χ1n) is 3.08. The minimum Gasteiger partial charge on any atom is -0.375 e. The average molecular weight is 136 g/mol. The van der Waals surface area contributed by atoms with E-state index in [1.807, 2.05) is 0 Å². The molecule has 1 nitrogen and oxygen atoms in total. The summed E-state index contributed by atoms with van der Waals surface area (Å²) in [5.74, 6) is -3.09. The molecule has 0 N–H and O–H groups in total. The molecule has 0 radical (unpaired) electrons. The summed E-state index contributed by atoms with van der Waals surface area (Å²) < 4.78 is 29.6. The highest BCUT2D eigenvalue weighted by molar-refractivity contribution is 4.76. The molecular formula is C6H10F2O. The van der Waals surface area contributed by atoms with Crippen LogP contribution in [0, 0.1) is 5.92 Å². The van der Waals surface area contributed by atoms with Crippen LogP contribution in [0.3, 0.4) is 0 Å². The molecule has 0 aromatic heterocycles. The Balaban J connectivity index is 2.49. The molecule has 0 aromatic carbocycles. The van der Waals surface area contributed by atoms with Gasteiger partial charge in [0.1, 0.15) is 6.61 Å². The lowest BCUT2D eigenvalue weighted by Crippen LogP contribution is -2.37. The van der Waals surface area contributed by atoms with E-state index in [0.29, 0.717) is 13.0 Å². The van der Waals surface area contributed by atoms with Crippen molar-refractivity contribution in [3.63, 3.8) is 0 Å². The summed E-state index contributed by atoms with van der Waals surface area (Å²) >= 11 is 0. The number of halogens is 2. The van der Waals surface area contributed by atoms with Gasteiger partial charge in [-0.25, -0.2) is 8.78 Å². The Morgan fingerprint density at radius 3 is 2.56 bits per heavy atom.